The first-order valence-corrected chi connectivity index (χ1v) is 5.73. The van der Waals surface area contributed by atoms with E-state index >= 15 is 0 Å². The number of alkyl halides is 3. The summed E-state index contributed by atoms with van der Waals surface area (Å²) in [5, 5.41) is 0.243. The number of halogens is 3. The summed E-state index contributed by atoms with van der Waals surface area (Å²) in [4.78, 5) is 11.2. The number of hydrogen-bond acceptors (Lipinski definition) is 2. The van der Waals surface area contributed by atoms with E-state index in [1.54, 1.807) is 0 Å². The summed E-state index contributed by atoms with van der Waals surface area (Å²) < 4.78 is 29.8. The standard InChI is InChI=1S/C11H11BrF2O2/c1-16-10-5-8(11(13)14)3-2-7(10)4-9(15)6-12/h2-3,5,11H,4,6H2,1H3. The van der Waals surface area contributed by atoms with E-state index in [9.17, 15) is 13.6 Å². The zero-order valence-corrected chi connectivity index (χ0v) is 10.3. The molecule has 0 N–H and O–H groups in total. The maximum Gasteiger partial charge on any atom is 0.263 e. The Morgan fingerprint density at radius 1 is 1.50 bits per heavy atom. The summed E-state index contributed by atoms with van der Waals surface area (Å²) in [6.45, 7) is 0. The third-order valence-electron chi connectivity index (χ3n) is 2.10. The first-order chi connectivity index (χ1) is 7.58. The van der Waals surface area contributed by atoms with Gasteiger partial charge >= 0.3 is 0 Å². The molecular weight excluding hydrogens is 282 g/mol. The van der Waals surface area contributed by atoms with Crippen LogP contribution in [0.2, 0.25) is 0 Å². The van der Waals surface area contributed by atoms with Crippen LogP contribution in [0.4, 0.5) is 8.78 Å². The Labute approximate surface area is 101 Å². The number of carbonyl (C=O) groups is 1. The molecule has 0 aliphatic heterocycles. The Bertz CT molecular complexity index is 380. The van der Waals surface area contributed by atoms with Crippen molar-refractivity contribution in [3.8, 4) is 5.75 Å². The summed E-state index contributed by atoms with van der Waals surface area (Å²) in [6.07, 6.45) is -2.35. The second-order valence-electron chi connectivity index (χ2n) is 3.22. The second-order valence-corrected chi connectivity index (χ2v) is 3.78. The van der Waals surface area contributed by atoms with Crippen LogP contribution in [0.5, 0.6) is 5.75 Å². The van der Waals surface area contributed by atoms with Gasteiger partial charge in [-0.25, -0.2) is 8.78 Å². The van der Waals surface area contributed by atoms with Crippen molar-refractivity contribution in [2.45, 2.75) is 12.8 Å². The van der Waals surface area contributed by atoms with Crippen LogP contribution in [0.3, 0.4) is 0 Å². The number of ether oxygens (including phenoxy) is 1. The minimum Gasteiger partial charge on any atom is -0.496 e. The third kappa shape index (κ3) is 3.27. The Morgan fingerprint density at radius 3 is 2.69 bits per heavy atom. The molecule has 88 valence electrons. The van der Waals surface area contributed by atoms with Crippen LogP contribution < -0.4 is 4.74 Å². The zero-order valence-electron chi connectivity index (χ0n) is 8.67. The summed E-state index contributed by atoms with van der Waals surface area (Å²) in [5.41, 5.74) is 0.517. The van der Waals surface area contributed by atoms with Crippen molar-refractivity contribution in [3.05, 3.63) is 29.3 Å². The molecule has 5 heteroatoms. The van der Waals surface area contributed by atoms with Crippen LogP contribution in [-0.4, -0.2) is 18.2 Å². The van der Waals surface area contributed by atoms with Crippen molar-refractivity contribution < 1.29 is 18.3 Å². The lowest BCUT2D eigenvalue weighted by molar-refractivity contribution is -0.115. The largest absolute Gasteiger partial charge is 0.496 e. The SMILES string of the molecule is COc1cc(C(F)F)ccc1CC(=O)CBr. The Kier molecular flexibility index (Phi) is 4.86. The van der Waals surface area contributed by atoms with Gasteiger partial charge in [-0.3, -0.25) is 4.79 Å². The van der Waals surface area contributed by atoms with Gasteiger partial charge in [-0.2, -0.15) is 0 Å². The topological polar surface area (TPSA) is 26.3 Å². The van der Waals surface area contributed by atoms with Crippen LogP contribution in [0, 0.1) is 0 Å². The molecule has 0 aromatic heterocycles. The Hall–Kier alpha value is -0.970. The van der Waals surface area contributed by atoms with Gasteiger partial charge in [-0.15, -0.1) is 0 Å². The second kappa shape index (κ2) is 5.94. The number of carbonyl (C=O) groups excluding carboxylic acids is 1. The van der Waals surface area contributed by atoms with Gasteiger partial charge in [0.2, 0.25) is 0 Å². The van der Waals surface area contributed by atoms with Gasteiger partial charge in [0.1, 0.15) is 11.5 Å². The molecule has 0 amide bonds. The molecule has 1 aromatic carbocycles. The summed E-state index contributed by atoms with van der Waals surface area (Å²) >= 11 is 3.05. The van der Waals surface area contributed by atoms with Crippen LogP contribution in [0.1, 0.15) is 17.6 Å². The molecule has 1 aromatic rings. The van der Waals surface area contributed by atoms with Crippen LogP contribution in [-0.2, 0) is 11.2 Å². The molecule has 0 bridgehead atoms. The van der Waals surface area contributed by atoms with E-state index in [0.29, 0.717) is 11.3 Å². The van der Waals surface area contributed by atoms with Gasteiger partial charge in [0.25, 0.3) is 6.43 Å². The van der Waals surface area contributed by atoms with Crippen molar-refractivity contribution in [3.63, 3.8) is 0 Å². The molecule has 0 saturated heterocycles. The molecule has 0 saturated carbocycles. The first-order valence-electron chi connectivity index (χ1n) is 4.61. The maximum atomic E-state index is 12.4. The fourth-order valence-electron chi connectivity index (χ4n) is 1.30. The van der Waals surface area contributed by atoms with Gasteiger partial charge in [0, 0.05) is 17.5 Å². The third-order valence-corrected chi connectivity index (χ3v) is 2.73. The van der Waals surface area contributed by atoms with Crippen LogP contribution in [0.15, 0.2) is 18.2 Å². The lowest BCUT2D eigenvalue weighted by Crippen LogP contribution is -2.05. The number of methoxy groups -OCH3 is 1. The summed E-state index contributed by atoms with van der Waals surface area (Å²) in [6, 6.07) is 4.08. The molecule has 0 unspecified atom stereocenters. The fraction of sp³-hybridized carbons (Fsp3) is 0.364. The monoisotopic (exact) mass is 292 g/mol. The van der Waals surface area contributed by atoms with Gasteiger partial charge in [0.05, 0.1) is 12.4 Å². The molecule has 0 atom stereocenters. The molecule has 0 radical (unpaired) electrons. The highest BCUT2D eigenvalue weighted by atomic mass is 79.9. The van der Waals surface area contributed by atoms with Gasteiger partial charge < -0.3 is 4.74 Å². The van der Waals surface area contributed by atoms with E-state index in [-0.39, 0.29) is 23.1 Å². The van der Waals surface area contributed by atoms with E-state index in [1.165, 1.54) is 25.3 Å². The van der Waals surface area contributed by atoms with E-state index in [0.717, 1.165) is 0 Å². The Balaban J connectivity index is 2.97. The minimum atomic E-state index is -2.53. The molecule has 1 rings (SSSR count). The molecule has 2 nitrogen and oxygen atoms in total. The van der Waals surface area contributed by atoms with E-state index in [2.05, 4.69) is 15.9 Å². The Morgan fingerprint density at radius 2 is 2.19 bits per heavy atom. The number of Topliss-reactive ketones (excluding diaryl/α,β-unsaturated/α-hetero) is 1. The smallest absolute Gasteiger partial charge is 0.263 e. The van der Waals surface area contributed by atoms with E-state index in [1.807, 2.05) is 0 Å². The normalized spacial score (nSPS) is 10.6. The van der Waals surface area contributed by atoms with Crippen molar-refractivity contribution in [2.24, 2.45) is 0 Å². The molecular formula is C11H11BrF2O2. The molecule has 0 aliphatic carbocycles. The molecule has 16 heavy (non-hydrogen) atoms. The maximum absolute atomic E-state index is 12.4. The highest BCUT2D eigenvalue weighted by molar-refractivity contribution is 9.09. The van der Waals surface area contributed by atoms with Crippen molar-refractivity contribution in [1.29, 1.82) is 0 Å². The predicted octanol–water partition coefficient (Wildman–Crippen LogP) is 3.14. The van der Waals surface area contributed by atoms with Crippen molar-refractivity contribution in [2.75, 3.05) is 12.4 Å². The predicted molar refractivity (Wildman–Crippen MR) is 60.5 cm³/mol. The molecule has 0 fully saturated rings. The lowest BCUT2D eigenvalue weighted by Gasteiger charge is -2.09. The lowest BCUT2D eigenvalue weighted by atomic mass is 10.1. The van der Waals surface area contributed by atoms with Gasteiger partial charge in [0.15, 0.2) is 0 Å². The molecule has 0 spiro atoms. The average molecular weight is 293 g/mol. The number of ketones is 1. The molecule has 0 aliphatic rings. The van der Waals surface area contributed by atoms with Gasteiger partial charge in [-0.05, 0) is 6.07 Å². The van der Waals surface area contributed by atoms with Crippen molar-refractivity contribution >= 4 is 21.7 Å². The van der Waals surface area contributed by atoms with Gasteiger partial charge in [-0.1, -0.05) is 28.1 Å². The summed E-state index contributed by atoms with van der Waals surface area (Å²) in [7, 11) is 1.40. The first kappa shape index (κ1) is 13.1. The molecule has 0 heterocycles. The van der Waals surface area contributed by atoms with E-state index in [4.69, 9.17) is 4.74 Å². The number of benzene rings is 1. The van der Waals surface area contributed by atoms with E-state index < -0.39 is 6.43 Å². The minimum absolute atomic E-state index is 0.0249. The highest BCUT2D eigenvalue weighted by Crippen LogP contribution is 2.27. The van der Waals surface area contributed by atoms with Crippen molar-refractivity contribution in [1.82, 2.24) is 0 Å². The number of hydrogen-bond donors (Lipinski definition) is 0. The quantitative estimate of drug-likeness (QED) is 0.780. The zero-order chi connectivity index (χ0) is 12.1. The van der Waals surface area contributed by atoms with Crippen LogP contribution in [0.25, 0.3) is 0 Å². The fourth-order valence-corrected chi connectivity index (χ4v) is 1.50. The average Bonchev–Trinajstić information content (AvgIpc) is 2.29. The number of rotatable bonds is 5. The van der Waals surface area contributed by atoms with Crippen LogP contribution >= 0.6 is 15.9 Å². The summed E-state index contributed by atoms with van der Waals surface area (Å²) in [5.74, 6) is 0.301. The highest BCUT2D eigenvalue weighted by Gasteiger charge is 2.12.